The van der Waals surface area contributed by atoms with Crippen LogP contribution in [0.5, 0.6) is 0 Å². The molecular weight excluding hydrogens is 288 g/mol. The molecule has 4 atom stereocenters. The summed E-state index contributed by atoms with van der Waals surface area (Å²) in [7, 11) is 4.50. The van der Waals surface area contributed by atoms with E-state index in [1.807, 2.05) is 0 Å². The number of rotatable bonds is 1. The summed E-state index contributed by atoms with van der Waals surface area (Å²) >= 11 is 0. The summed E-state index contributed by atoms with van der Waals surface area (Å²) in [5.41, 5.74) is 0.588. The number of hydrogen-bond donors (Lipinski definition) is 2. The third kappa shape index (κ3) is 3.31. The van der Waals surface area contributed by atoms with Crippen LogP contribution in [0.4, 0.5) is 0 Å². The summed E-state index contributed by atoms with van der Waals surface area (Å²) < 4.78 is 6.44. The maximum Gasteiger partial charge on any atom is 0.0933 e. The van der Waals surface area contributed by atoms with Gasteiger partial charge in [0.15, 0.2) is 0 Å². The van der Waals surface area contributed by atoms with Crippen LogP contribution >= 0.6 is 0 Å². The van der Waals surface area contributed by atoms with Gasteiger partial charge in [-0.1, -0.05) is 0 Å². The van der Waals surface area contributed by atoms with Crippen molar-refractivity contribution in [3.05, 3.63) is 0 Å². The van der Waals surface area contributed by atoms with Crippen LogP contribution in [0.3, 0.4) is 0 Å². The van der Waals surface area contributed by atoms with Crippen molar-refractivity contribution >= 4 is 0 Å². The predicted octanol–water partition coefficient (Wildman–Crippen LogP) is 0.513. The van der Waals surface area contributed by atoms with Gasteiger partial charge in [-0.2, -0.15) is 0 Å². The Hall–Kier alpha value is -0.200. The van der Waals surface area contributed by atoms with Gasteiger partial charge in [-0.25, -0.2) is 0 Å². The maximum absolute atomic E-state index is 6.44. The molecule has 4 aliphatic heterocycles. The minimum absolute atomic E-state index is 0.0743. The molecule has 0 bridgehead atoms. The van der Waals surface area contributed by atoms with Crippen LogP contribution in [-0.2, 0) is 4.74 Å². The standard InChI is InChI=1S/C18H34N4O/c1-21-7-3-5-17(13-21)9-15(19-11-17)16-10-23-18(12-20-16)6-4-8-22(2)14-18/h15-16,19-20H,3-14H2,1-2H3. The molecule has 4 fully saturated rings. The fourth-order valence-electron chi connectivity index (χ4n) is 5.54. The lowest BCUT2D eigenvalue weighted by Crippen LogP contribution is -2.63. The quantitative estimate of drug-likeness (QED) is 0.736. The van der Waals surface area contributed by atoms with Gasteiger partial charge in [0.1, 0.15) is 0 Å². The van der Waals surface area contributed by atoms with Crippen molar-refractivity contribution in [2.75, 3.05) is 60.0 Å². The van der Waals surface area contributed by atoms with Crippen molar-refractivity contribution in [1.29, 1.82) is 0 Å². The van der Waals surface area contributed by atoms with Gasteiger partial charge in [0, 0.05) is 38.3 Å². The fourth-order valence-corrected chi connectivity index (χ4v) is 5.54. The molecule has 4 unspecified atom stereocenters. The highest BCUT2D eigenvalue weighted by atomic mass is 16.5. The molecule has 0 aromatic carbocycles. The fraction of sp³-hybridized carbons (Fsp3) is 1.00. The second-order valence-corrected chi connectivity index (χ2v) is 8.86. The first-order chi connectivity index (χ1) is 11.1. The molecule has 5 heteroatoms. The van der Waals surface area contributed by atoms with Crippen molar-refractivity contribution in [2.24, 2.45) is 5.41 Å². The molecule has 4 heterocycles. The Balaban J connectivity index is 1.33. The van der Waals surface area contributed by atoms with Gasteiger partial charge in [0.05, 0.1) is 12.2 Å². The highest BCUT2D eigenvalue weighted by Crippen LogP contribution is 2.39. The molecule has 5 nitrogen and oxygen atoms in total. The Morgan fingerprint density at radius 2 is 1.65 bits per heavy atom. The average molecular weight is 322 g/mol. The first-order valence-electron chi connectivity index (χ1n) is 9.56. The Labute approximate surface area is 141 Å². The number of hydrogen-bond acceptors (Lipinski definition) is 5. The molecule has 0 aromatic heterocycles. The molecule has 2 N–H and O–H groups in total. The average Bonchev–Trinajstić information content (AvgIpc) is 2.91. The van der Waals surface area contributed by atoms with Crippen molar-refractivity contribution in [1.82, 2.24) is 20.4 Å². The van der Waals surface area contributed by atoms with Gasteiger partial charge in [0.2, 0.25) is 0 Å². The number of morpholine rings is 1. The van der Waals surface area contributed by atoms with E-state index in [4.69, 9.17) is 4.74 Å². The van der Waals surface area contributed by atoms with E-state index in [-0.39, 0.29) is 5.60 Å². The number of nitrogens with zero attached hydrogens (tertiary/aromatic N) is 2. The van der Waals surface area contributed by atoms with Gasteiger partial charge >= 0.3 is 0 Å². The molecule has 4 aliphatic rings. The first kappa shape index (κ1) is 16.3. The number of piperidine rings is 2. The first-order valence-corrected chi connectivity index (χ1v) is 9.56. The molecule has 0 aliphatic carbocycles. The van der Waals surface area contributed by atoms with Crippen LogP contribution in [-0.4, -0.2) is 87.5 Å². The second kappa shape index (κ2) is 6.26. The molecule has 132 valence electrons. The monoisotopic (exact) mass is 322 g/mol. The van der Waals surface area contributed by atoms with Gasteiger partial charge in [-0.05, 0) is 64.7 Å². The molecule has 0 amide bonds. The summed E-state index contributed by atoms with van der Waals surface area (Å²) in [4.78, 5) is 4.94. The molecule has 0 saturated carbocycles. The van der Waals surface area contributed by atoms with E-state index in [0.29, 0.717) is 17.5 Å². The van der Waals surface area contributed by atoms with E-state index < -0.39 is 0 Å². The normalized spacial score (nSPS) is 46.7. The van der Waals surface area contributed by atoms with Crippen LogP contribution in [0.25, 0.3) is 0 Å². The Morgan fingerprint density at radius 1 is 0.913 bits per heavy atom. The summed E-state index contributed by atoms with van der Waals surface area (Å²) in [6.45, 7) is 7.92. The largest absolute Gasteiger partial charge is 0.371 e. The lowest BCUT2D eigenvalue weighted by molar-refractivity contribution is -0.118. The maximum atomic E-state index is 6.44. The van der Waals surface area contributed by atoms with E-state index in [2.05, 4.69) is 34.5 Å². The molecule has 0 aromatic rings. The second-order valence-electron chi connectivity index (χ2n) is 8.86. The number of likely N-dealkylation sites (N-methyl/N-ethyl adjacent to an activating group) is 1. The molecule has 23 heavy (non-hydrogen) atoms. The molecule has 4 rings (SSSR count). The van der Waals surface area contributed by atoms with Crippen LogP contribution in [0, 0.1) is 5.41 Å². The summed E-state index contributed by atoms with van der Waals surface area (Å²) in [6.07, 6.45) is 6.53. The topological polar surface area (TPSA) is 39.8 Å². The van der Waals surface area contributed by atoms with E-state index in [0.717, 1.165) is 19.7 Å². The zero-order valence-corrected chi connectivity index (χ0v) is 14.9. The van der Waals surface area contributed by atoms with Crippen molar-refractivity contribution in [2.45, 2.75) is 49.8 Å². The summed E-state index contributed by atoms with van der Waals surface area (Å²) in [5, 5.41) is 7.68. The van der Waals surface area contributed by atoms with E-state index in [1.165, 1.54) is 58.3 Å². The third-order valence-electron chi connectivity index (χ3n) is 6.72. The predicted molar refractivity (Wildman–Crippen MR) is 92.8 cm³/mol. The van der Waals surface area contributed by atoms with Gasteiger partial charge in [0.25, 0.3) is 0 Å². The van der Waals surface area contributed by atoms with E-state index in [1.54, 1.807) is 0 Å². The van der Waals surface area contributed by atoms with Crippen LogP contribution < -0.4 is 10.6 Å². The van der Waals surface area contributed by atoms with Crippen LogP contribution in [0.15, 0.2) is 0 Å². The smallest absolute Gasteiger partial charge is 0.0933 e. The molecule has 0 radical (unpaired) electrons. The van der Waals surface area contributed by atoms with Gasteiger partial charge < -0.3 is 25.2 Å². The Morgan fingerprint density at radius 3 is 2.35 bits per heavy atom. The minimum Gasteiger partial charge on any atom is -0.371 e. The number of likely N-dealkylation sites (tertiary alicyclic amines) is 2. The van der Waals surface area contributed by atoms with Crippen LogP contribution in [0.2, 0.25) is 0 Å². The lowest BCUT2D eigenvalue weighted by Gasteiger charge is -2.47. The van der Waals surface area contributed by atoms with Crippen molar-refractivity contribution in [3.63, 3.8) is 0 Å². The highest BCUT2D eigenvalue weighted by molar-refractivity contribution is 5.04. The Bertz CT molecular complexity index is 423. The van der Waals surface area contributed by atoms with Gasteiger partial charge in [-0.3, -0.25) is 0 Å². The molecule has 2 spiro atoms. The SMILES string of the molecule is CN1CCCC2(CNC(C3COC4(CCCN(C)C4)CN3)C2)C1. The zero-order valence-electron chi connectivity index (χ0n) is 14.9. The summed E-state index contributed by atoms with van der Waals surface area (Å²) in [5.74, 6) is 0. The molecule has 4 saturated heterocycles. The third-order valence-corrected chi connectivity index (χ3v) is 6.72. The van der Waals surface area contributed by atoms with E-state index >= 15 is 0 Å². The van der Waals surface area contributed by atoms with Crippen molar-refractivity contribution < 1.29 is 4.74 Å². The highest BCUT2D eigenvalue weighted by Gasteiger charge is 2.46. The summed E-state index contributed by atoms with van der Waals surface area (Å²) in [6, 6.07) is 1.07. The minimum atomic E-state index is 0.0743. The molecular formula is C18H34N4O. The Kier molecular flexibility index (Phi) is 4.43. The van der Waals surface area contributed by atoms with Gasteiger partial charge in [-0.15, -0.1) is 0 Å². The lowest BCUT2D eigenvalue weighted by atomic mass is 9.77. The van der Waals surface area contributed by atoms with Crippen molar-refractivity contribution in [3.8, 4) is 0 Å². The number of nitrogens with one attached hydrogen (secondary N) is 2. The van der Waals surface area contributed by atoms with Crippen LogP contribution in [0.1, 0.15) is 32.1 Å². The zero-order chi connectivity index (χ0) is 15.9. The van der Waals surface area contributed by atoms with E-state index in [9.17, 15) is 0 Å². The number of ether oxygens (including phenoxy) is 1.